The Labute approximate surface area is 142 Å². The molecule has 0 bridgehead atoms. The van der Waals surface area contributed by atoms with E-state index in [2.05, 4.69) is 64.0 Å². The number of oxime groups is 2. The summed E-state index contributed by atoms with van der Waals surface area (Å²) in [5.41, 5.74) is 4.53. The van der Waals surface area contributed by atoms with Gasteiger partial charge in [0.1, 0.15) is 11.4 Å². The zero-order chi connectivity index (χ0) is 17.9. The topological polar surface area (TPSA) is 65.2 Å². The third-order valence-electron chi connectivity index (χ3n) is 4.72. The zero-order valence-corrected chi connectivity index (χ0v) is 15.1. The molecule has 0 unspecified atom stereocenters. The lowest BCUT2D eigenvalue weighted by Crippen LogP contribution is -2.14. The van der Waals surface area contributed by atoms with Crippen LogP contribution in [0.4, 0.5) is 0 Å². The monoisotopic (exact) mass is 324 g/mol. The van der Waals surface area contributed by atoms with E-state index >= 15 is 0 Å². The van der Waals surface area contributed by atoms with Gasteiger partial charge in [-0.1, -0.05) is 64.0 Å². The van der Waals surface area contributed by atoms with E-state index in [0.717, 1.165) is 33.0 Å². The van der Waals surface area contributed by atoms with E-state index in [9.17, 15) is 10.4 Å². The summed E-state index contributed by atoms with van der Waals surface area (Å²) >= 11 is 0. The Morgan fingerprint density at radius 3 is 1.33 bits per heavy atom. The van der Waals surface area contributed by atoms with Gasteiger partial charge >= 0.3 is 0 Å². The molecule has 2 aromatic rings. The van der Waals surface area contributed by atoms with Crippen LogP contribution in [0.5, 0.6) is 0 Å². The first-order chi connectivity index (χ1) is 11.1. The first-order valence-electron chi connectivity index (χ1n) is 8.16. The Hall–Kier alpha value is -2.36. The Morgan fingerprint density at radius 2 is 1.04 bits per heavy atom. The fourth-order valence-corrected chi connectivity index (χ4v) is 3.21. The van der Waals surface area contributed by atoms with Crippen molar-refractivity contribution in [1.29, 1.82) is 0 Å². The van der Waals surface area contributed by atoms with Crippen molar-refractivity contribution in [2.45, 2.75) is 52.4 Å². The first kappa shape index (κ1) is 16.5. The van der Waals surface area contributed by atoms with Gasteiger partial charge in [0.25, 0.3) is 0 Å². The molecule has 2 N–H and O–H groups in total. The molecule has 0 spiro atoms. The second kappa shape index (κ2) is 5.07. The maximum absolute atomic E-state index is 9.51. The molecule has 0 heterocycles. The van der Waals surface area contributed by atoms with Crippen LogP contribution in [0.25, 0.3) is 10.8 Å². The quantitative estimate of drug-likeness (QED) is 0.540. The molecule has 4 nitrogen and oxygen atoms in total. The molecule has 1 aliphatic rings. The summed E-state index contributed by atoms with van der Waals surface area (Å²) in [5.74, 6) is 0. The van der Waals surface area contributed by atoms with Gasteiger partial charge < -0.3 is 10.4 Å². The van der Waals surface area contributed by atoms with Crippen molar-refractivity contribution in [1.82, 2.24) is 0 Å². The van der Waals surface area contributed by atoms with Crippen molar-refractivity contribution in [2.24, 2.45) is 10.3 Å². The summed E-state index contributed by atoms with van der Waals surface area (Å²) in [6.07, 6.45) is 0. The molecule has 0 aromatic heterocycles. The third-order valence-corrected chi connectivity index (χ3v) is 4.72. The van der Waals surface area contributed by atoms with Crippen LogP contribution >= 0.6 is 0 Å². The molecular weight excluding hydrogens is 300 g/mol. The minimum atomic E-state index is -0.0394. The van der Waals surface area contributed by atoms with Gasteiger partial charge in [-0.05, 0) is 39.5 Å². The zero-order valence-electron chi connectivity index (χ0n) is 15.1. The number of benzene rings is 2. The highest BCUT2D eigenvalue weighted by atomic mass is 16.4. The van der Waals surface area contributed by atoms with Crippen LogP contribution in [0.3, 0.4) is 0 Å². The predicted molar refractivity (Wildman–Crippen MR) is 98.0 cm³/mol. The van der Waals surface area contributed by atoms with Crippen LogP contribution in [-0.4, -0.2) is 21.8 Å². The van der Waals surface area contributed by atoms with E-state index in [1.807, 2.05) is 12.1 Å². The number of hydrogen-bond donors (Lipinski definition) is 2. The van der Waals surface area contributed by atoms with Gasteiger partial charge in [0.2, 0.25) is 0 Å². The molecule has 24 heavy (non-hydrogen) atoms. The van der Waals surface area contributed by atoms with E-state index in [1.165, 1.54) is 0 Å². The fraction of sp³-hybridized carbons (Fsp3) is 0.400. The van der Waals surface area contributed by atoms with Gasteiger partial charge in [-0.25, -0.2) is 0 Å². The van der Waals surface area contributed by atoms with E-state index < -0.39 is 0 Å². The molecule has 0 saturated carbocycles. The summed E-state index contributed by atoms with van der Waals surface area (Å²) in [6, 6.07) is 8.45. The second-order valence-electron chi connectivity index (χ2n) is 8.54. The van der Waals surface area contributed by atoms with Crippen LogP contribution in [0.15, 0.2) is 34.6 Å². The largest absolute Gasteiger partial charge is 0.410 e. The van der Waals surface area contributed by atoms with Gasteiger partial charge in [0.15, 0.2) is 0 Å². The molecule has 0 saturated heterocycles. The fourth-order valence-electron chi connectivity index (χ4n) is 3.21. The Bertz CT molecular complexity index is 824. The highest BCUT2D eigenvalue weighted by Gasteiger charge is 2.32. The van der Waals surface area contributed by atoms with Crippen molar-refractivity contribution in [3.63, 3.8) is 0 Å². The molecular formula is C20H24N2O2. The van der Waals surface area contributed by atoms with E-state index in [1.54, 1.807) is 0 Å². The van der Waals surface area contributed by atoms with Gasteiger partial charge in [0.05, 0.1) is 0 Å². The molecule has 0 radical (unpaired) electrons. The smallest absolute Gasteiger partial charge is 0.140 e. The van der Waals surface area contributed by atoms with Gasteiger partial charge in [0, 0.05) is 16.5 Å². The van der Waals surface area contributed by atoms with Crippen molar-refractivity contribution >= 4 is 22.2 Å². The van der Waals surface area contributed by atoms with Gasteiger partial charge in [-0.2, -0.15) is 0 Å². The SMILES string of the molecule is CC(C)(C)c1cc2c3c(cc(C(C)(C)C)cc3c1)C(=NO)C2=NO. The van der Waals surface area contributed by atoms with Crippen LogP contribution < -0.4 is 0 Å². The highest BCUT2D eigenvalue weighted by Crippen LogP contribution is 2.39. The summed E-state index contributed by atoms with van der Waals surface area (Å²) in [4.78, 5) is 0. The van der Waals surface area contributed by atoms with E-state index in [0.29, 0.717) is 11.4 Å². The van der Waals surface area contributed by atoms with E-state index in [-0.39, 0.29) is 10.8 Å². The van der Waals surface area contributed by atoms with Crippen LogP contribution in [0.1, 0.15) is 63.8 Å². The standard InChI is InChI=1S/C20H24N2O2/c1-19(2,3)12-7-11-8-13(20(4,5)6)10-15-16(11)14(9-12)17(21-23)18(15)22-24/h7-10,23-24H,1-6H3. The number of rotatable bonds is 0. The molecule has 0 fully saturated rings. The van der Waals surface area contributed by atoms with Crippen molar-refractivity contribution in [2.75, 3.05) is 0 Å². The molecule has 4 heteroatoms. The number of nitrogens with zero attached hydrogens (tertiary/aromatic N) is 2. The van der Waals surface area contributed by atoms with Crippen LogP contribution in [0, 0.1) is 0 Å². The second-order valence-corrected chi connectivity index (χ2v) is 8.54. The maximum atomic E-state index is 9.51. The van der Waals surface area contributed by atoms with E-state index in [4.69, 9.17) is 0 Å². The lowest BCUT2D eigenvalue weighted by atomic mass is 9.82. The average molecular weight is 324 g/mol. The minimum absolute atomic E-state index is 0.0394. The Morgan fingerprint density at radius 1 is 0.667 bits per heavy atom. The first-order valence-corrected chi connectivity index (χ1v) is 8.16. The minimum Gasteiger partial charge on any atom is -0.410 e. The Balaban J connectivity index is 2.48. The van der Waals surface area contributed by atoms with Gasteiger partial charge in [-0.3, -0.25) is 0 Å². The molecule has 0 atom stereocenters. The van der Waals surface area contributed by atoms with Crippen LogP contribution in [0.2, 0.25) is 0 Å². The summed E-state index contributed by atoms with van der Waals surface area (Å²) < 4.78 is 0. The van der Waals surface area contributed by atoms with Crippen molar-refractivity contribution < 1.29 is 10.4 Å². The molecule has 2 aromatic carbocycles. The average Bonchev–Trinajstić information content (AvgIpc) is 2.79. The highest BCUT2D eigenvalue weighted by molar-refractivity contribution is 6.60. The molecule has 3 rings (SSSR count). The number of hydrogen-bond acceptors (Lipinski definition) is 4. The summed E-state index contributed by atoms with van der Waals surface area (Å²) in [5, 5.41) is 27.9. The Kier molecular flexibility index (Phi) is 3.48. The van der Waals surface area contributed by atoms with Gasteiger partial charge in [-0.15, -0.1) is 0 Å². The van der Waals surface area contributed by atoms with Crippen LogP contribution in [-0.2, 0) is 10.8 Å². The predicted octanol–water partition coefficient (Wildman–Crippen LogP) is 4.81. The third kappa shape index (κ3) is 2.37. The lowest BCUT2D eigenvalue weighted by molar-refractivity contribution is 0.315. The molecule has 0 aliphatic heterocycles. The van der Waals surface area contributed by atoms with Crippen molar-refractivity contribution in [3.8, 4) is 0 Å². The molecule has 0 amide bonds. The summed E-state index contributed by atoms with van der Waals surface area (Å²) in [7, 11) is 0. The normalized spacial score (nSPS) is 18.1. The summed E-state index contributed by atoms with van der Waals surface area (Å²) in [6.45, 7) is 12.9. The molecule has 1 aliphatic carbocycles. The maximum Gasteiger partial charge on any atom is 0.140 e. The molecule has 126 valence electrons. The lowest BCUT2D eigenvalue weighted by Gasteiger charge is -2.23. The van der Waals surface area contributed by atoms with Crippen molar-refractivity contribution in [3.05, 3.63) is 46.5 Å².